The molecule has 3 N–H and O–H groups in total. The van der Waals surface area contributed by atoms with E-state index in [9.17, 15) is 9.90 Å². The first-order valence-corrected chi connectivity index (χ1v) is 6.27. The maximum atomic E-state index is 11.7. The smallest absolute Gasteiger partial charge is 0.234 e. The second-order valence-corrected chi connectivity index (χ2v) is 4.88. The number of rotatable bonds is 6. The van der Waals surface area contributed by atoms with Crippen molar-refractivity contribution in [3.63, 3.8) is 0 Å². The summed E-state index contributed by atoms with van der Waals surface area (Å²) in [5.74, 6) is -0.00347. The molecule has 0 aromatic carbocycles. The summed E-state index contributed by atoms with van der Waals surface area (Å²) in [5, 5.41) is 15.5. The zero-order chi connectivity index (χ0) is 12.0. The van der Waals surface area contributed by atoms with Crippen molar-refractivity contribution >= 4 is 5.91 Å². The number of amides is 1. The third-order valence-corrected chi connectivity index (χ3v) is 3.49. The van der Waals surface area contributed by atoms with Crippen LogP contribution in [0.15, 0.2) is 0 Å². The second-order valence-electron chi connectivity index (χ2n) is 4.88. The van der Waals surface area contributed by atoms with Crippen molar-refractivity contribution in [3.05, 3.63) is 0 Å². The summed E-state index contributed by atoms with van der Waals surface area (Å²) in [7, 11) is 0. The number of hydrogen-bond acceptors (Lipinski definition) is 3. The maximum absolute atomic E-state index is 11.7. The topological polar surface area (TPSA) is 61.4 Å². The molecule has 1 saturated carbocycles. The molecule has 0 radical (unpaired) electrons. The van der Waals surface area contributed by atoms with E-state index in [-0.39, 0.29) is 18.1 Å². The van der Waals surface area contributed by atoms with E-state index in [1.807, 2.05) is 0 Å². The van der Waals surface area contributed by atoms with E-state index in [1.54, 1.807) is 0 Å². The van der Waals surface area contributed by atoms with Gasteiger partial charge in [0.15, 0.2) is 0 Å². The number of aliphatic hydroxyl groups is 1. The van der Waals surface area contributed by atoms with Crippen LogP contribution in [0.1, 0.15) is 46.0 Å². The molecular weight excluding hydrogens is 204 g/mol. The average Bonchev–Trinajstić information content (AvgIpc) is 2.75. The molecule has 1 unspecified atom stereocenters. The number of carbonyl (C=O) groups excluding carboxylic acids is 1. The summed E-state index contributed by atoms with van der Waals surface area (Å²) in [6.45, 7) is 4.55. The van der Waals surface area contributed by atoms with E-state index in [2.05, 4.69) is 24.5 Å². The fourth-order valence-electron chi connectivity index (χ4n) is 2.13. The molecule has 0 aromatic heterocycles. The Kier molecular flexibility index (Phi) is 5.22. The minimum absolute atomic E-state index is 0.00347. The van der Waals surface area contributed by atoms with Crippen molar-refractivity contribution in [2.45, 2.75) is 57.5 Å². The Morgan fingerprint density at radius 3 is 2.56 bits per heavy atom. The highest BCUT2D eigenvalue weighted by Gasteiger charge is 2.34. The Hall–Kier alpha value is -0.610. The fourth-order valence-corrected chi connectivity index (χ4v) is 2.13. The van der Waals surface area contributed by atoms with Crippen molar-refractivity contribution in [1.29, 1.82) is 0 Å². The number of aliphatic hydroxyl groups excluding tert-OH is 1. The van der Waals surface area contributed by atoms with Crippen LogP contribution in [0.2, 0.25) is 0 Å². The Labute approximate surface area is 97.8 Å². The third kappa shape index (κ3) is 3.76. The lowest BCUT2D eigenvalue weighted by atomic mass is 9.99. The maximum Gasteiger partial charge on any atom is 0.234 e. The quantitative estimate of drug-likeness (QED) is 0.630. The SMILES string of the molecule is CCC(C)NCC(=O)NC1(CO)CCCC1. The summed E-state index contributed by atoms with van der Waals surface area (Å²) in [6, 6.07) is 0.361. The molecule has 4 heteroatoms. The summed E-state index contributed by atoms with van der Waals surface area (Å²) >= 11 is 0. The average molecular weight is 228 g/mol. The van der Waals surface area contributed by atoms with E-state index in [4.69, 9.17) is 0 Å². The lowest BCUT2D eigenvalue weighted by molar-refractivity contribution is -0.122. The molecule has 0 saturated heterocycles. The molecule has 0 aromatic rings. The molecule has 1 atom stereocenters. The van der Waals surface area contributed by atoms with Crippen LogP contribution in [0.3, 0.4) is 0 Å². The van der Waals surface area contributed by atoms with Gasteiger partial charge >= 0.3 is 0 Å². The Morgan fingerprint density at radius 1 is 1.44 bits per heavy atom. The highest BCUT2D eigenvalue weighted by Crippen LogP contribution is 2.28. The van der Waals surface area contributed by atoms with Crippen LogP contribution in [-0.4, -0.2) is 35.7 Å². The predicted octanol–water partition coefficient (Wildman–Crippen LogP) is 0.796. The second kappa shape index (κ2) is 6.21. The number of carbonyl (C=O) groups is 1. The van der Waals surface area contributed by atoms with Gasteiger partial charge in [0.05, 0.1) is 18.7 Å². The van der Waals surface area contributed by atoms with Crippen LogP contribution in [0.4, 0.5) is 0 Å². The van der Waals surface area contributed by atoms with Crippen LogP contribution in [0.5, 0.6) is 0 Å². The molecule has 94 valence electrons. The van der Waals surface area contributed by atoms with Gasteiger partial charge < -0.3 is 15.7 Å². The largest absolute Gasteiger partial charge is 0.394 e. The molecule has 1 amide bonds. The molecular formula is C12H24N2O2. The molecule has 0 aliphatic heterocycles. The van der Waals surface area contributed by atoms with Crippen LogP contribution >= 0.6 is 0 Å². The highest BCUT2D eigenvalue weighted by molar-refractivity contribution is 5.79. The molecule has 16 heavy (non-hydrogen) atoms. The van der Waals surface area contributed by atoms with Gasteiger partial charge in [0.25, 0.3) is 0 Å². The molecule has 1 aliphatic carbocycles. The zero-order valence-electron chi connectivity index (χ0n) is 10.4. The molecule has 1 rings (SSSR count). The van der Waals surface area contributed by atoms with Crippen LogP contribution in [0.25, 0.3) is 0 Å². The highest BCUT2D eigenvalue weighted by atomic mass is 16.3. The van der Waals surface area contributed by atoms with E-state index >= 15 is 0 Å². The van der Waals surface area contributed by atoms with E-state index in [0.717, 1.165) is 32.1 Å². The van der Waals surface area contributed by atoms with Gasteiger partial charge in [-0.15, -0.1) is 0 Å². The first-order chi connectivity index (χ1) is 7.62. The van der Waals surface area contributed by atoms with Crippen LogP contribution in [-0.2, 0) is 4.79 Å². The van der Waals surface area contributed by atoms with E-state index in [1.165, 1.54) is 0 Å². The Bertz CT molecular complexity index is 225. The molecule has 0 bridgehead atoms. The molecule has 4 nitrogen and oxygen atoms in total. The van der Waals surface area contributed by atoms with Crippen molar-refractivity contribution in [1.82, 2.24) is 10.6 Å². The van der Waals surface area contributed by atoms with Gasteiger partial charge in [0, 0.05) is 6.04 Å². The first kappa shape index (κ1) is 13.5. The van der Waals surface area contributed by atoms with Crippen molar-refractivity contribution < 1.29 is 9.90 Å². The number of nitrogens with one attached hydrogen (secondary N) is 2. The van der Waals surface area contributed by atoms with E-state index < -0.39 is 0 Å². The Morgan fingerprint density at radius 2 is 2.06 bits per heavy atom. The fraction of sp³-hybridized carbons (Fsp3) is 0.917. The summed E-state index contributed by atoms with van der Waals surface area (Å²) in [6.07, 6.45) is 5.01. The predicted molar refractivity (Wildman–Crippen MR) is 64.2 cm³/mol. The zero-order valence-corrected chi connectivity index (χ0v) is 10.4. The third-order valence-electron chi connectivity index (χ3n) is 3.49. The molecule has 0 heterocycles. The summed E-state index contributed by atoms with van der Waals surface area (Å²) < 4.78 is 0. The minimum atomic E-state index is -0.339. The van der Waals surface area contributed by atoms with Gasteiger partial charge in [-0.25, -0.2) is 0 Å². The van der Waals surface area contributed by atoms with Gasteiger partial charge in [0.1, 0.15) is 0 Å². The Balaban J connectivity index is 2.32. The standard InChI is InChI=1S/C12H24N2O2/c1-3-10(2)13-8-11(16)14-12(9-15)6-4-5-7-12/h10,13,15H,3-9H2,1-2H3,(H,14,16). The van der Waals surface area contributed by atoms with Gasteiger partial charge in [-0.1, -0.05) is 19.8 Å². The summed E-state index contributed by atoms with van der Waals surface area (Å²) in [4.78, 5) is 11.7. The lowest BCUT2D eigenvalue weighted by Crippen LogP contribution is -2.52. The van der Waals surface area contributed by atoms with Gasteiger partial charge in [-0.2, -0.15) is 0 Å². The first-order valence-electron chi connectivity index (χ1n) is 6.27. The molecule has 1 aliphatic rings. The van der Waals surface area contributed by atoms with Crippen LogP contribution < -0.4 is 10.6 Å². The van der Waals surface area contributed by atoms with Gasteiger partial charge in [0.2, 0.25) is 5.91 Å². The monoisotopic (exact) mass is 228 g/mol. The molecule has 1 fully saturated rings. The normalized spacial score (nSPS) is 20.7. The van der Waals surface area contributed by atoms with Crippen LogP contribution in [0, 0.1) is 0 Å². The molecule has 0 spiro atoms. The number of hydrogen-bond donors (Lipinski definition) is 3. The summed E-state index contributed by atoms with van der Waals surface area (Å²) in [5.41, 5.74) is -0.339. The van der Waals surface area contributed by atoms with E-state index in [0.29, 0.717) is 12.6 Å². The van der Waals surface area contributed by atoms with Crippen molar-refractivity contribution in [3.8, 4) is 0 Å². The lowest BCUT2D eigenvalue weighted by Gasteiger charge is -2.28. The van der Waals surface area contributed by atoms with Crippen molar-refractivity contribution in [2.24, 2.45) is 0 Å². The minimum Gasteiger partial charge on any atom is -0.394 e. The van der Waals surface area contributed by atoms with Gasteiger partial charge in [-0.05, 0) is 26.2 Å². The van der Waals surface area contributed by atoms with Gasteiger partial charge in [-0.3, -0.25) is 4.79 Å². The van der Waals surface area contributed by atoms with Crippen molar-refractivity contribution in [2.75, 3.05) is 13.2 Å².